The van der Waals surface area contributed by atoms with Crippen molar-refractivity contribution in [2.75, 3.05) is 13.1 Å². The van der Waals surface area contributed by atoms with Gasteiger partial charge in [-0.3, -0.25) is 0 Å². The highest BCUT2D eigenvalue weighted by Gasteiger charge is 2.18. The molecular weight excluding hydrogens is 891 g/mol. The van der Waals surface area contributed by atoms with Crippen LogP contribution in [0.5, 0.6) is 0 Å². The summed E-state index contributed by atoms with van der Waals surface area (Å²) in [6, 6.07) is 0.833. The standard InChI is InChI=1S/C73H145N/c1-5-9-13-17-21-25-29-33-37-41-45-49-53-57-61-65-69-73(70-66-62-58-54-50-46-42-38-34-30-26-22-18-14-10-6-2)74(71-67-63-59-55-51-47-43-39-35-31-27-23-19-15-11-7-3)72-68-64-60-56-52-48-44-40-36-32-28-24-20-16-12-8-4/h35-36,39-40,73H,5-34,37-38,41-72H2,1-4H3. The Morgan fingerprint density at radius 1 is 0.189 bits per heavy atom. The first kappa shape index (κ1) is 73.4. The number of hydrogen-bond donors (Lipinski definition) is 0. The molecule has 0 aliphatic carbocycles. The molecular formula is C73H145N. The zero-order chi connectivity index (χ0) is 53.2. The van der Waals surface area contributed by atoms with Crippen LogP contribution >= 0.6 is 0 Å². The van der Waals surface area contributed by atoms with E-state index in [1.807, 2.05) is 0 Å². The Hall–Kier alpha value is -0.560. The first-order chi connectivity index (χ1) is 36.8. The zero-order valence-electron chi connectivity index (χ0n) is 52.6. The van der Waals surface area contributed by atoms with E-state index in [0.29, 0.717) is 0 Å². The largest absolute Gasteiger partial charge is 0.300 e. The topological polar surface area (TPSA) is 3.24 Å². The van der Waals surface area contributed by atoms with Crippen LogP contribution in [0.3, 0.4) is 0 Å². The highest BCUT2D eigenvalue weighted by molar-refractivity contribution is 4.82. The Kier molecular flexibility index (Phi) is 68.0. The molecule has 0 aliphatic heterocycles. The minimum absolute atomic E-state index is 0.833. The van der Waals surface area contributed by atoms with E-state index < -0.39 is 0 Å². The van der Waals surface area contributed by atoms with Crippen LogP contribution in [-0.4, -0.2) is 24.0 Å². The molecule has 0 aliphatic rings. The third kappa shape index (κ3) is 62.3. The highest BCUT2D eigenvalue weighted by Crippen LogP contribution is 2.23. The second kappa shape index (κ2) is 68.5. The number of allylic oxidation sites excluding steroid dienone is 4. The average molecular weight is 1040 g/mol. The van der Waals surface area contributed by atoms with Crippen LogP contribution in [0.2, 0.25) is 0 Å². The van der Waals surface area contributed by atoms with Crippen molar-refractivity contribution in [2.24, 2.45) is 0 Å². The monoisotopic (exact) mass is 1040 g/mol. The lowest BCUT2D eigenvalue weighted by molar-refractivity contribution is 0.163. The molecule has 0 rings (SSSR count). The molecule has 0 unspecified atom stereocenters. The summed E-state index contributed by atoms with van der Waals surface area (Å²) >= 11 is 0. The van der Waals surface area contributed by atoms with Gasteiger partial charge in [-0.25, -0.2) is 0 Å². The second-order valence-electron chi connectivity index (χ2n) is 24.7. The molecule has 0 aromatic heterocycles. The lowest BCUT2D eigenvalue weighted by Crippen LogP contribution is -2.37. The molecule has 0 amide bonds. The molecule has 0 atom stereocenters. The molecule has 1 nitrogen and oxygen atoms in total. The van der Waals surface area contributed by atoms with Gasteiger partial charge in [0.1, 0.15) is 0 Å². The normalized spacial score (nSPS) is 12.1. The molecule has 0 aromatic carbocycles. The maximum atomic E-state index is 3.08. The molecule has 0 saturated heterocycles. The van der Waals surface area contributed by atoms with Crippen LogP contribution in [0.15, 0.2) is 24.3 Å². The number of hydrogen-bond acceptors (Lipinski definition) is 1. The van der Waals surface area contributed by atoms with E-state index in [9.17, 15) is 0 Å². The van der Waals surface area contributed by atoms with Gasteiger partial charge >= 0.3 is 0 Å². The summed E-state index contributed by atoms with van der Waals surface area (Å²) in [7, 11) is 0. The van der Waals surface area contributed by atoms with Gasteiger partial charge in [0.25, 0.3) is 0 Å². The van der Waals surface area contributed by atoms with Gasteiger partial charge in [0.15, 0.2) is 0 Å². The fraction of sp³-hybridized carbons (Fsp3) is 0.945. The zero-order valence-corrected chi connectivity index (χ0v) is 52.6. The third-order valence-electron chi connectivity index (χ3n) is 17.2. The van der Waals surface area contributed by atoms with Crippen LogP contribution < -0.4 is 0 Å². The summed E-state index contributed by atoms with van der Waals surface area (Å²) in [5, 5.41) is 0. The molecule has 0 radical (unpaired) electrons. The van der Waals surface area contributed by atoms with Gasteiger partial charge in [-0.1, -0.05) is 373 Å². The van der Waals surface area contributed by atoms with Crippen LogP contribution in [0, 0.1) is 0 Å². The number of nitrogens with zero attached hydrogens (tertiary/aromatic N) is 1. The number of rotatable bonds is 67. The summed E-state index contributed by atoms with van der Waals surface area (Å²) in [6.07, 6.45) is 99.4. The minimum Gasteiger partial charge on any atom is -0.300 e. The Balaban J connectivity index is 4.98. The van der Waals surface area contributed by atoms with Crippen molar-refractivity contribution in [3.05, 3.63) is 24.3 Å². The molecule has 0 fully saturated rings. The number of unbranched alkanes of at least 4 members (excludes halogenated alkanes) is 54. The predicted octanol–water partition coefficient (Wildman–Crippen LogP) is 27.0. The molecule has 0 bridgehead atoms. The van der Waals surface area contributed by atoms with E-state index in [1.54, 1.807) is 0 Å². The van der Waals surface area contributed by atoms with Gasteiger partial charge < -0.3 is 4.90 Å². The van der Waals surface area contributed by atoms with Crippen LogP contribution in [0.25, 0.3) is 0 Å². The quantitative estimate of drug-likeness (QED) is 0.0433. The average Bonchev–Trinajstić information content (AvgIpc) is 3.41. The summed E-state index contributed by atoms with van der Waals surface area (Å²) in [4.78, 5) is 3.08. The molecule has 0 spiro atoms. The maximum absolute atomic E-state index is 3.08. The Morgan fingerprint density at radius 3 is 0.554 bits per heavy atom. The minimum atomic E-state index is 0.833. The van der Waals surface area contributed by atoms with Gasteiger partial charge in [0, 0.05) is 6.04 Å². The lowest BCUT2D eigenvalue weighted by Gasteiger charge is -2.32. The van der Waals surface area contributed by atoms with Crippen LogP contribution in [0.4, 0.5) is 0 Å². The van der Waals surface area contributed by atoms with E-state index in [0.717, 1.165) is 6.04 Å². The van der Waals surface area contributed by atoms with Gasteiger partial charge in [-0.05, 0) is 90.1 Å². The van der Waals surface area contributed by atoms with Crippen molar-refractivity contribution in [1.29, 1.82) is 0 Å². The summed E-state index contributed by atoms with van der Waals surface area (Å²) in [5.41, 5.74) is 0. The Labute approximate surface area is 471 Å². The second-order valence-corrected chi connectivity index (χ2v) is 24.7. The molecule has 0 aromatic rings. The Morgan fingerprint density at radius 2 is 0.351 bits per heavy atom. The molecule has 1 heteroatoms. The van der Waals surface area contributed by atoms with Crippen molar-refractivity contribution in [3.8, 4) is 0 Å². The summed E-state index contributed by atoms with van der Waals surface area (Å²) < 4.78 is 0. The van der Waals surface area contributed by atoms with E-state index >= 15 is 0 Å². The Bertz CT molecular complexity index is 933. The van der Waals surface area contributed by atoms with E-state index in [1.165, 1.54) is 411 Å². The van der Waals surface area contributed by atoms with E-state index in [2.05, 4.69) is 56.9 Å². The smallest absolute Gasteiger partial charge is 0.00952 e. The summed E-state index contributed by atoms with van der Waals surface area (Å²) in [5.74, 6) is 0. The van der Waals surface area contributed by atoms with Crippen molar-refractivity contribution >= 4 is 0 Å². The third-order valence-corrected chi connectivity index (χ3v) is 17.2. The molecule has 74 heavy (non-hydrogen) atoms. The fourth-order valence-corrected chi connectivity index (χ4v) is 12.0. The van der Waals surface area contributed by atoms with Crippen molar-refractivity contribution in [1.82, 2.24) is 4.90 Å². The molecule has 442 valence electrons. The van der Waals surface area contributed by atoms with Gasteiger partial charge in [-0.15, -0.1) is 0 Å². The SMILES string of the molecule is CCCCCCCCC=CCCCCCCCCN(CCCCCCCCC=CCCCCCCCC)C(CCCCCCCCCCCCCCCCCC)CCCCCCCCCCCCCCCCCC. The maximum Gasteiger partial charge on any atom is 0.00952 e. The predicted molar refractivity (Wildman–Crippen MR) is 343 cm³/mol. The summed E-state index contributed by atoms with van der Waals surface area (Å²) in [6.45, 7) is 12.0. The first-order valence-corrected chi connectivity index (χ1v) is 35.8. The van der Waals surface area contributed by atoms with Crippen LogP contribution in [0.1, 0.15) is 426 Å². The fourth-order valence-electron chi connectivity index (χ4n) is 12.0. The highest BCUT2D eigenvalue weighted by atomic mass is 15.1. The van der Waals surface area contributed by atoms with E-state index in [-0.39, 0.29) is 0 Å². The molecule has 0 saturated carbocycles. The van der Waals surface area contributed by atoms with Gasteiger partial charge in [-0.2, -0.15) is 0 Å². The molecule has 0 heterocycles. The van der Waals surface area contributed by atoms with Crippen LogP contribution in [-0.2, 0) is 0 Å². The van der Waals surface area contributed by atoms with Gasteiger partial charge in [0.2, 0.25) is 0 Å². The van der Waals surface area contributed by atoms with Crippen molar-refractivity contribution in [3.63, 3.8) is 0 Å². The van der Waals surface area contributed by atoms with Gasteiger partial charge in [0.05, 0.1) is 0 Å². The molecule has 0 N–H and O–H groups in total. The van der Waals surface area contributed by atoms with Crippen molar-refractivity contribution in [2.45, 2.75) is 432 Å². The lowest BCUT2D eigenvalue weighted by atomic mass is 9.97. The van der Waals surface area contributed by atoms with E-state index in [4.69, 9.17) is 0 Å². The van der Waals surface area contributed by atoms with Crippen molar-refractivity contribution < 1.29 is 0 Å². The first-order valence-electron chi connectivity index (χ1n) is 35.8.